The van der Waals surface area contributed by atoms with Crippen LogP contribution >= 0.6 is 0 Å². The highest BCUT2D eigenvalue weighted by atomic mass is 32.2. The Bertz CT molecular complexity index is 1190. The van der Waals surface area contributed by atoms with E-state index in [4.69, 9.17) is 0 Å². The highest BCUT2D eigenvalue weighted by molar-refractivity contribution is 7.89. The molecule has 2 aromatic carbocycles. The summed E-state index contributed by atoms with van der Waals surface area (Å²) in [5, 5.41) is 0. The number of amides is 1. The molecule has 0 unspecified atom stereocenters. The van der Waals surface area contributed by atoms with Gasteiger partial charge in [0.2, 0.25) is 10.0 Å². The average Bonchev–Trinajstić information content (AvgIpc) is 2.79. The summed E-state index contributed by atoms with van der Waals surface area (Å²) in [6.45, 7) is 4.89. The van der Waals surface area contributed by atoms with Crippen molar-refractivity contribution in [3.05, 3.63) is 77.6 Å². The van der Waals surface area contributed by atoms with Crippen LogP contribution in [-0.2, 0) is 10.0 Å². The smallest absolute Gasteiger partial charge is 0.257 e. The standard InChI is InChI=1S/C23H24N4O3S/c1-17-8-9-21(18(2)14-17)31(29,30)27-12-10-26(11-13-27)23(28)20-15-24-22(25-16-20)19-6-4-3-5-7-19/h3-9,14-16H,10-13H2,1-2H3. The number of carbonyl (C=O) groups excluding carboxylic acids is 1. The third kappa shape index (κ3) is 4.35. The first kappa shape index (κ1) is 21.1. The summed E-state index contributed by atoms with van der Waals surface area (Å²) in [7, 11) is -3.59. The molecule has 4 rings (SSSR count). The van der Waals surface area contributed by atoms with Crippen molar-refractivity contribution in [2.75, 3.05) is 26.2 Å². The number of rotatable bonds is 4. The molecule has 8 heteroatoms. The molecule has 1 amide bonds. The second-order valence-corrected chi connectivity index (χ2v) is 9.53. The fourth-order valence-corrected chi connectivity index (χ4v) is 5.34. The van der Waals surface area contributed by atoms with Gasteiger partial charge in [0.1, 0.15) is 0 Å². The normalized spacial score (nSPS) is 15.1. The van der Waals surface area contributed by atoms with Crippen LogP contribution in [0.4, 0.5) is 0 Å². The van der Waals surface area contributed by atoms with Crippen molar-refractivity contribution in [1.82, 2.24) is 19.2 Å². The minimum Gasteiger partial charge on any atom is -0.336 e. The first-order chi connectivity index (χ1) is 14.9. The Hall–Kier alpha value is -3.10. The zero-order valence-corrected chi connectivity index (χ0v) is 18.3. The van der Waals surface area contributed by atoms with Crippen LogP contribution in [0, 0.1) is 13.8 Å². The van der Waals surface area contributed by atoms with Gasteiger partial charge in [-0.3, -0.25) is 4.79 Å². The molecule has 0 atom stereocenters. The summed E-state index contributed by atoms with van der Waals surface area (Å²) in [6.07, 6.45) is 3.05. The zero-order valence-electron chi connectivity index (χ0n) is 17.5. The van der Waals surface area contributed by atoms with Gasteiger partial charge in [0.25, 0.3) is 5.91 Å². The number of nitrogens with zero attached hydrogens (tertiary/aromatic N) is 4. The van der Waals surface area contributed by atoms with Gasteiger partial charge in [-0.1, -0.05) is 48.0 Å². The van der Waals surface area contributed by atoms with Crippen molar-refractivity contribution in [3.8, 4) is 11.4 Å². The van der Waals surface area contributed by atoms with Crippen molar-refractivity contribution in [1.29, 1.82) is 0 Å². The average molecular weight is 437 g/mol. The molecule has 7 nitrogen and oxygen atoms in total. The number of aryl methyl sites for hydroxylation is 2. The molecule has 1 fully saturated rings. The number of sulfonamides is 1. The molecule has 0 N–H and O–H groups in total. The van der Waals surface area contributed by atoms with Crippen molar-refractivity contribution in [2.24, 2.45) is 0 Å². The van der Waals surface area contributed by atoms with Gasteiger partial charge in [0.15, 0.2) is 5.82 Å². The van der Waals surface area contributed by atoms with Crippen LogP contribution in [0.3, 0.4) is 0 Å². The van der Waals surface area contributed by atoms with Gasteiger partial charge in [0, 0.05) is 44.1 Å². The molecule has 1 aromatic heterocycles. The lowest BCUT2D eigenvalue weighted by Gasteiger charge is -2.34. The van der Waals surface area contributed by atoms with Gasteiger partial charge in [-0.2, -0.15) is 4.31 Å². The number of benzene rings is 2. The summed E-state index contributed by atoms with van der Waals surface area (Å²) in [5.74, 6) is 0.365. The van der Waals surface area contributed by atoms with Crippen LogP contribution < -0.4 is 0 Å². The lowest BCUT2D eigenvalue weighted by molar-refractivity contribution is 0.0697. The quantitative estimate of drug-likeness (QED) is 0.628. The van der Waals surface area contributed by atoms with Gasteiger partial charge in [-0.25, -0.2) is 18.4 Å². The maximum absolute atomic E-state index is 13.0. The van der Waals surface area contributed by atoms with E-state index in [1.54, 1.807) is 24.0 Å². The Morgan fingerprint density at radius 3 is 2.16 bits per heavy atom. The fraction of sp³-hybridized carbons (Fsp3) is 0.261. The van der Waals surface area contributed by atoms with E-state index in [1.807, 2.05) is 43.3 Å². The van der Waals surface area contributed by atoms with E-state index in [0.29, 0.717) is 29.4 Å². The Morgan fingerprint density at radius 2 is 1.55 bits per heavy atom. The number of aromatic nitrogens is 2. The highest BCUT2D eigenvalue weighted by Crippen LogP contribution is 2.22. The second kappa shape index (κ2) is 8.56. The maximum Gasteiger partial charge on any atom is 0.257 e. The summed E-state index contributed by atoms with van der Waals surface area (Å²) in [6, 6.07) is 14.9. The molecule has 0 aliphatic carbocycles. The fourth-order valence-electron chi connectivity index (χ4n) is 3.72. The van der Waals surface area contributed by atoms with E-state index in [2.05, 4.69) is 9.97 Å². The van der Waals surface area contributed by atoms with Crippen molar-refractivity contribution < 1.29 is 13.2 Å². The molecule has 0 saturated carbocycles. The van der Waals surface area contributed by atoms with Gasteiger partial charge in [0.05, 0.1) is 10.5 Å². The van der Waals surface area contributed by atoms with E-state index in [9.17, 15) is 13.2 Å². The van der Waals surface area contributed by atoms with E-state index in [1.165, 1.54) is 16.7 Å². The van der Waals surface area contributed by atoms with E-state index < -0.39 is 10.0 Å². The Kier molecular flexibility index (Phi) is 5.84. The molecule has 1 aliphatic heterocycles. The lowest BCUT2D eigenvalue weighted by atomic mass is 10.2. The molecule has 3 aromatic rings. The van der Waals surface area contributed by atoms with Crippen molar-refractivity contribution in [2.45, 2.75) is 18.7 Å². The monoisotopic (exact) mass is 436 g/mol. The number of hydrogen-bond acceptors (Lipinski definition) is 5. The van der Waals surface area contributed by atoms with Gasteiger partial charge in [-0.05, 0) is 25.5 Å². The topological polar surface area (TPSA) is 83.5 Å². The van der Waals surface area contributed by atoms with E-state index in [0.717, 1.165) is 16.7 Å². The number of piperazine rings is 1. The first-order valence-corrected chi connectivity index (χ1v) is 11.5. The largest absolute Gasteiger partial charge is 0.336 e. The molecule has 1 saturated heterocycles. The van der Waals surface area contributed by atoms with E-state index >= 15 is 0 Å². The Balaban J connectivity index is 1.43. The summed E-state index contributed by atoms with van der Waals surface area (Å²) in [5.41, 5.74) is 3.03. The molecule has 0 radical (unpaired) electrons. The maximum atomic E-state index is 13.0. The molecule has 160 valence electrons. The van der Waals surface area contributed by atoms with Crippen LogP contribution in [0.2, 0.25) is 0 Å². The predicted octanol–water partition coefficient (Wildman–Crippen LogP) is 2.91. The highest BCUT2D eigenvalue weighted by Gasteiger charge is 2.31. The number of hydrogen-bond donors (Lipinski definition) is 0. The molecule has 31 heavy (non-hydrogen) atoms. The third-order valence-electron chi connectivity index (χ3n) is 5.40. The van der Waals surface area contributed by atoms with Gasteiger partial charge >= 0.3 is 0 Å². The Labute approximate surface area is 182 Å². The Morgan fingerprint density at radius 1 is 0.903 bits per heavy atom. The third-order valence-corrected chi connectivity index (χ3v) is 7.46. The second-order valence-electron chi connectivity index (χ2n) is 7.63. The lowest BCUT2D eigenvalue weighted by Crippen LogP contribution is -2.50. The van der Waals surface area contributed by atoms with Crippen LogP contribution in [-0.4, -0.2) is 59.7 Å². The van der Waals surface area contributed by atoms with Gasteiger partial charge < -0.3 is 4.90 Å². The first-order valence-electron chi connectivity index (χ1n) is 10.1. The molecule has 0 bridgehead atoms. The van der Waals surface area contributed by atoms with Crippen molar-refractivity contribution >= 4 is 15.9 Å². The molecular formula is C23H24N4O3S. The predicted molar refractivity (Wildman–Crippen MR) is 118 cm³/mol. The number of carbonyl (C=O) groups is 1. The molecule has 0 spiro atoms. The van der Waals surface area contributed by atoms with E-state index in [-0.39, 0.29) is 19.0 Å². The summed E-state index contributed by atoms with van der Waals surface area (Å²) >= 11 is 0. The van der Waals surface area contributed by atoms with Crippen LogP contribution in [0.1, 0.15) is 21.5 Å². The summed E-state index contributed by atoms with van der Waals surface area (Å²) in [4.78, 5) is 23.4. The van der Waals surface area contributed by atoms with Crippen molar-refractivity contribution in [3.63, 3.8) is 0 Å². The molecule has 2 heterocycles. The minimum absolute atomic E-state index is 0.192. The SMILES string of the molecule is Cc1ccc(S(=O)(=O)N2CCN(C(=O)c3cnc(-c4ccccc4)nc3)CC2)c(C)c1. The molecular weight excluding hydrogens is 412 g/mol. The minimum atomic E-state index is -3.59. The zero-order chi connectivity index (χ0) is 22.0. The van der Waals surface area contributed by atoms with Crippen LogP contribution in [0.15, 0.2) is 65.8 Å². The molecule has 1 aliphatic rings. The van der Waals surface area contributed by atoms with Gasteiger partial charge in [-0.15, -0.1) is 0 Å². The van der Waals surface area contributed by atoms with Crippen LogP contribution in [0.25, 0.3) is 11.4 Å². The van der Waals surface area contributed by atoms with Crippen LogP contribution in [0.5, 0.6) is 0 Å². The summed E-state index contributed by atoms with van der Waals surface area (Å²) < 4.78 is 27.5.